The molecule has 0 saturated carbocycles. The van der Waals surface area contributed by atoms with Gasteiger partial charge in [0.25, 0.3) is 0 Å². The summed E-state index contributed by atoms with van der Waals surface area (Å²) in [6.07, 6.45) is 2.63. The molecule has 0 aliphatic carbocycles. The van der Waals surface area contributed by atoms with E-state index in [2.05, 4.69) is 4.98 Å². The summed E-state index contributed by atoms with van der Waals surface area (Å²) in [5.41, 5.74) is -1.07. The molecule has 1 aliphatic rings. The van der Waals surface area contributed by atoms with Crippen LogP contribution in [0.3, 0.4) is 0 Å². The Morgan fingerprint density at radius 1 is 1.29 bits per heavy atom. The van der Waals surface area contributed by atoms with Gasteiger partial charge in [-0.3, -0.25) is 0 Å². The normalized spacial score (nSPS) is 20.2. The Morgan fingerprint density at radius 3 is 2.71 bits per heavy atom. The van der Waals surface area contributed by atoms with E-state index < -0.39 is 37.4 Å². The van der Waals surface area contributed by atoms with Gasteiger partial charge in [-0.25, -0.2) is 0 Å². The van der Waals surface area contributed by atoms with E-state index >= 15 is 0 Å². The van der Waals surface area contributed by atoms with Crippen LogP contribution in [-0.2, 0) is 4.74 Å². The first kappa shape index (κ1) is 16.6. The SMILES string of the molecule is C[C@@H]1CC[C@H](n2cc([Se]c3ccccc3[N+](=O)[O-])c(=O)[nH]c2=O)O1. The van der Waals surface area contributed by atoms with Crippen molar-refractivity contribution in [3.05, 3.63) is 61.4 Å². The van der Waals surface area contributed by atoms with Crippen LogP contribution >= 0.6 is 0 Å². The van der Waals surface area contributed by atoms with Crippen molar-refractivity contribution in [3.8, 4) is 0 Å². The molecule has 1 N–H and O–H groups in total. The Hall–Kier alpha value is -2.22. The summed E-state index contributed by atoms with van der Waals surface area (Å²) in [4.78, 5) is 37.1. The summed E-state index contributed by atoms with van der Waals surface area (Å²) < 4.78 is 7.87. The summed E-state index contributed by atoms with van der Waals surface area (Å²) in [5, 5.41) is 11.1. The second-order valence-electron chi connectivity index (χ2n) is 5.47. The van der Waals surface area contributed by atoms with E-state index in [0.29, 0.717) is 15.3 Å². The predicted molar refractivity (Wildman–Crippen MR) is 88.3 cm³/mol. The second-order valence-corrected chi connectivity index (χ2v) is 7.74. The number of para-hydroxylation sites is 1. The monoisotopic (exact) mass is 397 g/mol. The zero-order valence-corrected chi connectivity index (χ0v) is 14.5. The Kier molecular flexibility index (Phi) is 4.66. The van der Waals surface area contributed by atoms with Crippen molar-refractivity contribution >= 4 is 29.6 Å². The molecule has 3 rings (SSSR count). The van der Waals surface area contributed by atoms with Crippen molar-refractivity contribution in [2.75, 3.05) is 0 Å². The Labute approximate surface area is 142 Å². The van der Waals surface area contributed by atoms with E-state index in [-0.39, 0.29) is 11.8 Å². The van der Waals surface area contributed by atoms with Gasteiger partial charge >= 0.3 is 142 Å². The van der Waals surface area contributed by atoms with Crippen molar-refractivity contribution in [2.45, 2.75) is 32.1 Å². The van der Waals surface area contributed by atoms with Crippen molar-refractivity contribution in [1.29, 1.82) is 0 Å². The Bertz CT molecular complexity index is 891. The topological polar surface area (TPSA) is 107 Å². The van der Waals surface area contributed by atoms with Crippen molar-refractivity contribution in [2.24, 2.45) is 0 Å². The van der Waals surface area contributed by atoms with E-state index in [9.17, 15) is 19.7 Å². The fourth-order valence-corrected chi connectivity index (χ4v) is 4.53. The number of nitrogens with zero attached hydrogens (tertiary/aromatic N) is 2. The third kappa shape index (κ3) is 3.33. The average molecular weight is 396 g/mol. The number of H-pyrrole nitrogens is 1. The van der Waals surface area contributed by atoms with Crippen LogP contribution < -0.4 is 20.2 Å². The van der Waals surface area contributed by atoms with E-state index in [4.69, 9.17) is 4.74 Å². The number of nitro groups is 1. The average Bonchev–Trinajstić information content (AvgIpc) is 2.96. The molecule has 0 unspecified atom stereocenters. The zero-order chi connectivity index (χ0) is 17.3. The van der Waals surface area contributed by atoms with E-state index in [0.717, 1.165) is 6.42 Å². The first-order valence-corrected chi connectivity index (χ1v) is 9.09. The van der Waals surface area contributed by atoms with E-state index in [1.54, 1.807) is 18.2 Å². The van der Waals surface area contributed by atoms with Crippen LogP contribution in [0.4, 0.5) is 5.69 Å². The fourth-order valence-electron chi connectivity index (χ4n) is 2.55. The maximum absolute atomic E-state index is 12.1. The van der Waals surface area contributed by atoms with Gasteiger partial charge in [0.2, 0.25) is 0 Å². The van der Waals surface area contributed by atoms with Crippen molar-refractivity contribution in [1.82, 2.24) is 9.55 Å². The number of aromatic amines is 1. The number of rotatable bonds is 4. The van der Waals surface area contributed by atoms with Gasteiger partial charge < -0.3 is 0 Å². The standard InChI is InChI=1S/C15H15N3O5Se/c1-9-6-7-13(23-9)17-8-12(14(19)16-15(17)20)24-11-5-3-2-4-10(11)18(21)22/h2-5,8-9,13H,6-7H2,1H3,(H,16,19,20)/t9-,13-/m1/s1. The molecule has 1 saturated heterocycles. The zero-order valence-electron chi connectivity index (χ0n) is 12.8. The molecule has 9 heteroatoms. The molecular formula is C15H15N3O5Se. The molecule has 2 atom stereocenters. The van der Waals surface area contributed by atoms with Crippen LogP contribution in [0.1, 0.15) is 26.0 Å². The number of nitro benzene ring substituents is 1. The predicted octanol–water partition coefficient (Wildman–Crippen LogP) is -0.203. The van der Waals surface area contributed by atoms with Gasteiger partial charge in [-0.15, -0.1) is 0 Å². The molecule has 0 radical (unpaired) electrons. The molecule has 1 aliphatic heterocycles. The number of aromatic nitrogens is 2. The molecule has 24 heavy (non-hydrogen) atoms. The molecule has 1 aromatic carbocycles. The van der Waals surface area contributed by atoms with Gasteiger partial charge in [-0.2, -0.15) is 0 Å². The fraction of sp³-hybridized carbons (Fsp3) is 0.333. The summed E-state index contributed by atoms with van der Waals surface area (Å²) in [7, 11) is 0. The summed E-state index contributed by atoms with van der Waals surface area (Å²) in [6, 6.07) is 6.30. The van der Waals surface area contributed by atoms with Crippen molar-refractivity contribution < 1.29 is 9.66 Å². The Morgan fingerprint density at radius 2 is 2.04 bits per heavy atom. The molecular weight excluding hydrogens is 381 g/mol. The summed E-state index contributed by atoms with van der Waals surface area (Å²) >= 11 is -0.600. The molecule has 8 nitrogen and oxygen atoms in total. The molecule has 1 aromatic heterocycles. The van der Waals surface area contributed by atoms with Crippen LogP contribution in [0.2, 0.25) is 0 Å². The van der Waals surface area contributed by atoms with Gasteiger partial charge in [0.1, 0.15) is 0 Å². The van der Waals surface area contributed by atoms with Crippen LogP contribution in [-0.4, -0.2) is 35.5 Å². The van der Waals surface area contributed by atoms with E-state index in [1.807, 2.05) is 6.92 Å². The number of hydrogen-bond donors (Lipinski definition) is 1. The molecule has 2 aromatic rings. The molecule has 0 spiro atoms. The number of hydrogen-bond acceptors (Lipinski definition) is 5. The number of ether oxygens (including phenoxy) is 1. The van der Waals surface area contributed by atoms with Gasteiger partial charge in [0, 0.05) is 0 Å². The van der Waals surface area contributed by atoms with Crippen LogP contribution in [0.25, 0.3) is 0 Å². The maximum atomic E-state index is 12.1. The third-order valence-corrected chi connectivity index (χ3v) is 5.99. The minimum atomic E-state index is -0.600. The molecule has 1 fully saturated rings. The van der Waals surface area contributed by atoms with Crippen LogP contribution in [0.15, 0.2) is 40.1 Å². The summed E-state index contributed by atoms with van der Waals surface area (Å²) in [6.45, 7) is 1.93. The molecule has 126 valence electrons. The first-order valence-electron chi connectivity index (χ1n) is 7.38. The van der Waals surface area contributed by atoms with Crippen LogP contribution in [0.5, 0.6) is 0 Å². The van der Waals surface area contributed by atoms with Gasteiger partial charge in [0.15, 0.2) is 0 Å². The molecule has 2 heterocycles. The van der Waals surface area contributed by atoms with Crippen LogP contribution in [0, 0.1) is 10.1 Å². The third-order valence-electron chi connectivity index (χ3n) is 3.74. The first-order chi connectivity index (χ1) is 11.5. The summed E-state index contributed by atoms with van der Waals surface area (Å²) in [5.74, 6) is 0. The molecule has 0 amide bonds. The van der Waals surface area contributed by atoms with Gasteiger partial charge in [-0.05, 0) is 0 Å². The Balaban J connectivity index is 1.99. The van der Waals surface area contributed by atoms with Gasteiger partial charge in [0.05, 0.1) is 0 Å². The second kappa shape index (κ2) is 6.72. The van der Waals surface area contributed by atoms with Gasteiger partial charge in [-0.1, -0.05) is 0 Å². The van der Waals surface area contributed by atoms with E-state index in [1.165, 1.54) is 16.8 Å². The minimum absolute atomic E-state index is 0.0274. The van der Waals surface area contributed by atoms with Crippen molar-refractivity contribution in [3.63, 3.8) is 0 Å². The number of nitrogens with one attached hydrogen (secondary N) is 1. The molecule has 0 bridgehead atoms. The number of benzene rings is 1. The quantitative estimate of drug-likeness (QED) is 0.438.